The third-order valence-corrected chi connectivity index (χ3v) is 2.99. The molecule has 14 heavy (non-hydrogen) atoms. The first kappa shape index (κ1) is 9.69. The van der Waals surface area contributed by atoms with Crippen molar-refractivity contribution in [3.05, 3.63) is 34.3 Å². The number of carbonyl (C=O) groups excluding carboxylic acids is 1. The molecule has 0 unspecified atom stereocenters. The third kappa shape index (κ3) is 1.68. The Morgan fingerprint density at radius 1 is 1.50 bits per heavy atom. The maximum atomic E-state index is 10.5. The molecule has 0 radical (unpaired) electrons. The number of nitrogens with zero attached hydrogens (tertiary/aromatic N) is 1. The monoisotopic (exact) mass is 209 g/mol. The number of likely N-dealkylation sites (tertiary alicyclic amines) is 1. The fourth-order valence-corrected chi connectivity index (χ4v) is 2.19. The second-order valence-electron chi connectivity index (χ2n) is 3.82. The molecular formula is C11H12ClNO. The second kappa shape index (κ2) is 3.71. The van der Waals surface area contributed by atoms with Gasteiger partial charge in [-0.25, -0.2) is 0 Å². The molecule has 0 N–H and O–H groups in total. The summed E-state index contributed by atoms with van der Waals surface area (Å²) in [4.78, 5) is 12.8. The molecule has 0 spiro atoms. The van der Waals surface area contributed by atoms with Crippen LogP contribution in [-0.4, -0.2) is 31.3 Å². The Kier molecular flexibility index (Phi) is 2.57. The minimum absolute atomic E-state index is 0.535. The Morgan fingerprint density at radius 3 is 2.71 bits per heavy atom. The molecule has 1 saturated heterocycles. The number of rotatable bonds is 2. The molecule has 1 aliphatic rings. The van der Waals surface area contributed by atoms with Gasteiger partial charge in [-0.05, 0) is 18.7 Å². The molecule has 1 aromatic rings. The topological polar surface area (TPSA) is 20.3 Å². The van der Waals surface area contributed by atoms with Crippen molar-refractivity contribution in [2.45, 2.75) is 5.92 Å². The number of hydrogen-bond donors (Lipinski definition) is 0. The van der Waals surface area contributed by atoms with Crippen molar-refractivity contribution < 1.29 is 4.79 Å². The predicted molar refractivity (Wildman–Crippen MR) is 57.1 cm³/mol. The molecule has 1 heterocycles. The Labute approximate surface area is 88.5 Å². The molecule has 2 rings (SSSR count). The van der Waals surface area contributed by atoms with Gasteiger partial charge >= 0.3 is 0 Å². The van der Waals surface area contributed by atoms with Crippen LogP contribution in [-0.2, 0) is 0 Å². The van der Waals surface area contributed by atoms with E-state index in [1.165, 1.54) is 0 Å². The summed E-state index contributed by atoms with van der Waals surface area (Å²) in [6, 6.07) is 5.53. The molecular weight excluding hydrogens is 198 g/mol. The van der Waals surface area contributed by atoms with Crippen molar-refractivity contribution in [2.24, 2.45) is 0 Å². The van der Waals surface area contributed by atoms with Crippen LogP contribution in [0.1, 0.15) is 21.8 Å². The van der Waals surface area contributed by atoms with Gasteiger partial charge in [0.15, 0.2) is 0 Å². The molecule has 74 valence electrons. The highest BCUT2D eigenvalue weighted by Crippen LogP contribution is 2.31. The van der Waals surface area contributed by atoms with Crippen LogP contribution in [0, 0.1) is 0 Å². The maximum Gasteiger partial charge on any atom is 0.150 e. The van der Waals surface area contributed by atoms with E-state index >= 15 is 0 Å². The molecule has 1 aliphatic heterocycles. The van der Waals surface area contributed by atoms with E-state index in [1.807, 2.05) is 12.1 Å². The van der Waals surface area contributed by atoms with Gasteiger partial charge in [0.25, 0.3) is 0 Å². The van der Waals surface area contributed by atoms with Crippen LogP contribution in [0.25, 0.3) is 0 Å². The Morgan fingerprint density at radius 2 is 2.21 bits per heavy atom. The number of hydrogen-bond acceptors (Lipinski definition) is 2. The fourth-order valence-electron chi connectivity index (χ4n) is 1.84. The van der Waals surface area contributed by atoms with Crippen LogP contribution < -0.4 is 0 Å². The molecule has 2 nitrogen and oxygen atoms in total. The Bertz CT molecular complexity index is 358. The number of likely N-dealkylation sites (N-methyl/N-ethyl adjacent to an activating group) is 1. The van der Waals surface area contributed by atoms with Gasteiger partial charge in [0.1, 0.15) is 6.29 Å². The molecule has 1 aromatic carbocycles. The average molecular weight is 210 g/mol. The zero-order valence-electron chi connectivity index (χ0n) is 8.03. The van der Waals surface area contributed by atoms with Gasteiger partial charge in [-0.2, -0.15) is 0 Å². The summed E-state index contributed by atoms with van der Waals surface area (Å²) in [6.07, 6.45) is 0.822. The molecule has 0 saturated carbocycles. The Balaban J connectivity index is 2.22. The molecule has 0 bridgehead atoms. The summed E-state index contributed by atoms with van der Waals surface area (Å²) < 4.78 is 0. The van der Waals surface area contributed by atoms with Crippen molar-refractivity contribution in [1.82, 2.24) is 4.90 Å². The minimum atomic E-state index is 0.535. The average Bonchev–Trinajstić information content (AvgIpc) is 2.13. The fraction of sp³-hybridized carbons (Fsp3) is 0.364. The summed E-state index contributed by atoms with van der Waals surface area (Å²) in [5.74, 6) is 0.535. The van der Waals surface area contributed by atoms with Crippen molar-refractivity contribution >= 4 is 17.9 Å². The largest absolute Gasteiger partial charge is 0.305 e. The third-order valence-electron chi connectivity index (χ3n) is 2.66. The number of benzene rings is 1. The lowest BCUT2D eigenvalue weighted by molar-refractivity contribution is 0.112. The van der Waals surface area contributed by atoms with E-state index in [9.17, 15) is 4.79 Å². The first-order valence-electron chi connectivity index (χ1n) is 4.64. The highest BCUT2D eigenvalue weighted by Gasteiger charge is 2.26. The predicted octanol–water partition coefficient (Wildman–Crippen LogP) is 2.18. The van der Waals surface area contributed by atoms with Gasteiger partial charge in [-0.1, -0.05) is 23.7 Å². The van der Waals surface area contributed by atoms with E-state index in [0.717, 1.165) is 24.9 Å². The lowest BCUT2D eigenvalue weighted by Crippen LogP contribution is -2.41. The van der Waals surface area contributed by atoms with E-state index in [2.05, 4.69) is 11.9 Å². The van der Waals surface area contributed by atoms with Crippen LogP contribution in [0.4, 0.5) is 0 Å². The molecule has 3 heteroatoms. The standard InChI is InChI=1S/C11H12ClNO/c1-13-5-9(6-13)10-3-2-8(7-14)4-11(10)12/h2-4,7,9H,5-6H2,1H3. The quantitative estimate of drug-likeness (QED) is 0.696. The number of carbonyl (C=O) groups is 1. The first-order valence-corrected chi connectivity index (χ1v) is 5.01. The first-order chi connectivity index (χ1) is 6.70. The van der Waals surface area contributed by atoms with Crippen LogP contribution in [0.15, 0.2) is 18.2 Å². The summed E-state index contributed by atoms with van der Waals surface area (Å²) in [5, 5.41) is 0.715. The van der Waals surface area contributed by atoms with E-state index in [-0.39, 0.29) is 0 Å². The molecule has 1 fully saturated rings. The van der Waals surface area contributed by atoms with Crippen LogP contribution in [0.3, 0.4) is 0 Å². The van der Waals surface area contributed by atoms with Crippen LogP contribution in [0.5, 0.6) is 0 Å². The van der Waals surface area contributed by atoms with E-state index < -0.39 is 0 Å². The van der Waals surface area contributed by atoms with Crippen molar-refractivity contribution in [3.63, 3.8) is 0 Å². The molecule has 0 aromatic heterocycles. The minimum Gasteiger partial charge on any atom is -0.305 e. The van der Waals surface area contributed by atoms with Gasteiger partial charge < -0.3 is 4.90 Å². The molecule has 0 amide bonds. The molecule has 0 aliphatic carbocycles. The normalized spacial score (nSPS) is 17.9. The number of aldehydes is 1. The van der Waals surface area contributed by atoms with E-state index in [0.29, 0.717) is 16.5 Å². The highest BCUT2D eigenvalue weighted by molar-refractivity contribution is 6.31. The zero-order valence-corrected chi connectivity index (χ0v) is 8.79. The van der Waals surface area contributed by atoms with E-state index in [1.54, 1.807) is 6.07 Å². The number of halogens is 1. The van der Waals surface area contributed by atoms with Crippen molar-refractivity contribution in [3.8, 4) is 0 Å². The van der Waals surface area contributed by atoms with Crippen molar-refractivity contribution in [1.29, 1.82) is 0 Å². The summed E-state index contributed by atoms with van der Waals surface area (Å²) in [7, 11) is 2.09. The van der Waals surface area contributed by atoms with Gasteiger partial charge in [-0.15, -0.1) is 0 Å². The summed E-state index contributed by atoms with van der Waals surface area (Å²) in [5.41, 5.74) is 1.81. The van der Waals surface area contributed by atoms with Crippen LogP contribution >= 0.6 is 11.6 Å². The second-order valence-corrected chi connectivity index (χ2v) is 4.22. The lowest BCUT2D eigenvalue weighted by Gasteiger charge is -2.36. The summed E-state index contributed by atoms with van der Waals surface area (Å²) in [6.45, 7) is 2.11. The zero-order chi connectivity index (χ0) is 10.1. The van der Waals surface area contributed by atoms with E-state index in [4.69, 9.17) is 11.6 Å². The van der Waals surface area contributed by atoms with Gasteiger partial charge in [-0.3, -0.25) is 4.79 Å². The molecule has 0 atom stereocenters. The highest BCUT2D eigenvalue weighted by atomic mass is 35.5. The van der Waals surface area contributed by atoms with Crippen molar-refractivity contribution in [2.75, 3.05) is 20.1 Å². The SMILES string of the molecule is CN1CC(c2ccc(C=O)cc2Cl)C1. The Hall–Kier alpha value is -0.860. The summed E-state index contributed by atoms with van der Waals surface area (Å²) >= 11 is 6.09. The van der Waals surface area contributed by atoms with Gasteiger partial charge in [0.05, 0.1) is 0 Å². The van der Waals surface area contributed by atoms with Gasteiger partial charge in [0, 0.05) is 29.6 Å². The smallest absolute Gasteiger partial charge is 0.150 e. The van der Waals surface area contributed by atoms with Gasteiger partial charge in [0.2, 0.25) is 0 Å². The maximum absolute atomic E-state index is 10.5. The lowest BCUT2D eigenvalue weighted by atomic mass is 9.91. The van der Waals surface area contributed by atoms with Crippen LogP contribution in [0.2, 0.25) is 5.02 Å².